The number of carbonyl (C=O) groups excluding carboxylic acids is 1. The number of carbonyl (C=O) groups is 1. The molecule has 0 bridgehead atoms. The topological polar surface area (TPSA) is 59.0 Å². The van der Waals surface area contributed by atoms with Crippen LogP contribution in [0.2, 0.25) is 0 Å². The molecule has 0 spiro atoms. The molecule has 1 fully saturated rings. The molecule has 0 aromatic heterocycles. The van der Waals surface area contributed by atoms with Gasteiger partial charge in [0.1, 0.15) is 5.75 Å². The van der Waals surface area contributed by atoms with E-state index in [1.165, 1.54) is 0 Å². The van der Waals surface area contributed by atoms with Crippen molar-refractivity contribution in [2.75, 3.05) is 26.4 Å². The number of amides is 1. The molecule has 2 unspecified atom stereocenters. The molecule has 5 nitrogen and oxygen atoms in total. The third-order valence-electron chi connectivity index (χ3n) is 3.40. The largest absolute Gasteiger partial charge is 0.481 e. The lowest BCUT2D eigenvalue weighted by Gasteiger charge is -2.35. The molecular formula is C15H21NO4. The van der Waals surface area contributed by atoms with Crippen molar-refractivity contribution >= 4 is 5.91 Å². The molecule has 1 heterocycles. The van der Waals surface area contributed by atoms with Gasteiger partial charge < -0.3 is 19.5 Å². The van der Waals surface area contributed by atoms with E-state index in [0.717, 1.165) is 5.56 Å². The molecule has 1 aromatic carbocycles. The summed E-state index contributed by atoms with van der Waals surface area (Å²) in [6, 6.07) is 7.31. The van der Waals surface area contributed by atoms with E-state index < -0.39 is 6.10 Å². The van der Waals surface area contributed by atoms with Crippen molar-refractivity contribution in [1.29, 1.82) is 0 Å². The Kier molecular flexibility index (Phi) is 4.98. The van der Waals surface area contributed by atoms with Crippen LogP contribution in [-0.2, 0) is 9.53 Å². The van der Waals surface area contributed by atoms with Crippen molar-refractivity contribution in [2.24, 2.45) is 0 Å². The maximum Gasteiger partial charge on any atom is 0.263 e. The fourth-order valence-corrected chi connectivity index (χ4v) is 2.20. The van der Waals surface area contributed by atoms with Crippen LogP contribution in [0, 0.1) is 6.92 Å². The molecule has 0 radical (unpaired) electrons. The van der Waals surface area contributed by atoms with Crippen molar-refractivity contribution in [3.8, 4) is 5.75 Å². The van der Waals surface area contributed by atoms with Crippen LogP contribution in [-0.4, -0.2) is 54.4 Å². The lowest BCUT2D eigenvalue weighted by molar-refractivity contribution is -0.148. The third-order valence-corrected chi connectivity index (χ3v) is 3.40. The van der Waals surface area contributed by atoms with Gasteiger partial charge in [0.25, 0.3) is 5.91 Å². The minimum Gasteiger partial charge on any atom is -0.481 e. The summed E-state index contributed by atoms with van der Waals surface area (Å²) in [5.41, 5.74) is 1.14. The van der Waals surface area contributed by atoms with Gasteiger partial charge in [0, 0.05) is 6.54 Å². The van der Waals surface area contributed by atoms with Crippen molar-refractivity contribution in [3.63, 3.8) is 0 Å². The number of nitrogens with zero attached hydrogens (tertiary/aromatic N) is 1. The summed E-state index contributed by atoms with van der Waals surface area (Å²) in [4.78, 5) is 14.0. The molecule has 20 heavy (non-hydrogen) atoms. The first-order chi connectivity index (χ1) is 9.61. The van der Waals surface area contributed by atoms with E-state index in [2.05, 4.69) is 0 Å². The molecule has 0 saturated carbocycles. The van der Waals surface area contributed by atoms with Gasteiger partial charge in [0.15, 0.2) is 6.10 Å². The number of aliphatic hydroxyl groups is 1. The molecular weight excluding hydrogens is 258 g/mol. The summed E-state index contributed by atoms with van der Waals surface area (Å²) in [5.74, 6) is 0.554. The van der Waals surface area contributed by atoms with Crippen LogP contribution in [0.1, 0.15) is 12.5 Å². The van der Waals surface area contributed by atoms with Gasteiger partial charge in [-0.25, -0.2) is 0 Å². The highest BCUT2D eigenvalue weighted by Gasteiger charge is 2.30. The Hall–Kier alpha value is -1.59. The summed E-state index contributed by atoms with van der Waals surface area (Å²) in [6.45, 7) is 5.00. The molecule has 1 aliphatic rings. The van der Waals surface area contributed by atoms with Gasteiger partial charge >= 0.3 is 0 Å². The monoisotopic (exact) mass is 279 g/mol. The van der Waals surface area contributed by atoms with Crippen LogP contribution >= 0.6 is 0 Å². The van der Waals surface area contributed by atoms with Crippen molar-refractivity contribution in [3.05, 3.63) is 29.8 Å². The third kappa shape index (κ3) is 3.49. The van der Waals surface area contributed by atoms with Crippen LogP contribution in [0.25, 0.3) is 0 Å². The lowest BCUT2D eigenvalue weighted by Crippen LogP contribution is -2.54. The van der Waals surface area contributed by atoms with E-state index in [1.54, 1.807) is 11.8 Å². The number of aryl methyl sites for hydroxylation is 1. The number of morpholine rings is 1. The second kappa shape index (κ2) is 6.72. The van der Waals surface area contributed by atoms with Gasteiger partial charge in [-0.2, -0.15) is 0 Å². The van der Waals surface area contributed by atoms with E-state index in [9.17, 15) is 9.90 Å². The van der Waals surface area contributed by atoms with Crippen molar-refractivity contribution < 1.29 is 19.4 Å². The molecule has 2 rings (SSSR count). The van der Waals surface area contributed by atoms with E-state index in [-0.39, 0.29) is 18.6 Å². The molecule has 0 aliphatic carbocycles. The fraction of sp³-hybridized carbons (Fsp3) is 0.533. The first-order valence-electron chi connectivity index (χ1n) is 6.84. The van der Waals surface area contributed by atoms with Crippen LogP contribution in [0.4, 0.5) is 0 Å². The van der Waals surface area contributed by atoms with Crippen molar-refractivity contribution in [2.45, 2.75) is 26.0 Å². The smallest absolute Gasteiger partial charge is 0.263 e. The standard InChI is InChI=1S/C15H21NO4/c1-11-3-5-14(6-4-11)20-12(2)15(18)16-7-8-19-10-13(16)9-17/h3-6,12-13,17H,7-10H2,1-2H3. The van der Waals surface area contributed by atoms with Gasteiger partial charge in [0.2, 0.25) is 0 Å². The van der Waals surface area contributed by atoms with Crippen LogP contribution in [0.15, 0.2) is 24.3 Å². The molecule has 110 valence electrons. The predicted molar refractivity (Wildman–Crippen MR) is 74.7 cm³/mol. The van der Waals surface area contributed by atoms with Crippen LogP contribution in [0.3, 0.4) is 0 Å². The zero-order valence-corrected chi connectivity index (χ0v) is 11.9. The zero-order chi connectivity index (χ0) is 14.5. The summed E-state index contributed by atoms with van der Waals surface area (Å²) >= 11 is 0. The predicted octanol–water partition coefficient (Wildman–Crippen LogP) is 0.982. The average molecular weight is 279 g/mol. The van der Waals surface area contributed by atoms with E-state index in [0.29, 0.717) is 25.5 Å². The van der Waals surface area contributed by atoms with Gasteiger partial charge in [-0.15, -0.1) is 0 Å². The van der Waals surface area contributed by atoms with E-state index in [4.69, 9.17) is 9.47 Å². The quantitative estimate of drug-likeness (QED) is 0.892. The molecule has 2 atom stereocenters. The Morgan fingerprint density at radius 2 is 2.20 bits per heavy atom. The van der Waals surface area contributed by atoms with Crippen LogP contribution < -0.4 is 4.74 Å². The number of aliphatic hydroxyl groups excluding tert-OH is 1. The first-order valence-corrected chi connectivity index (χ1v) is 6.84. The Bertz CT molecular complexity index is 446. The highest BCUT2D eigenvalue weighted by molar-refractivity contribution is 5.81. The van der Waals surface area contributed by atoms with E-state index in [1.807, 2.05) is 31.2 Å². The Labute approximate surface area is 119 Å². The van der Waals surface area contributed by atoms with Gasteiger partial charge in [-0.1, -0.05) is 17.7 Å². The maximum absolute atomic E-state index is 12.4. The van der Waals surface area contributed by atoms with E-state index >= 15 is 0 Å². The highest BCUT2D eigenvalue weighted by Crippen LogP contribution is 2.16. The lowest BCUT2D eigenvalue weighted by atomic mass is 10.2. The molecule has 1 aromatic rings. The Morgan fingerprint density at radius 1 is 1.50 bits per heavy atom. The van der Waals surface area contributed by atoms with Crippen LogP contribution in [0.5, 0.6) is 5.75 Å². The number of benzene rings is 1. The molecule has 1 N–H and O–H groups in total. The first kappa shape index (κ1) is 14.8. The SMILES string of the molecule is Cc1ccc(OC(C)C(=O)N2CCOCC2CO)cc1. The number of hydrogen-bond acceptors (Lipinski definition) is 4. The van der Waals surface area contributed by atoms with Gasteiger partial charge in [-0.3, -0.25) is 4.79 Å². The summed E-state index contributed by atoms with van der Waals surface area (Å²) in [6.07, 6.45) is -0.579. The molecule has 1 aliphatic heterocycles. The molecule has 5 heteroatoms. The Balaban J connectivity index is 1.98. The summed E-state index contributed by atoms with van der Waals surface area (Å²) in [7, 11) is 0. The number of rotatable bonds is 4. The maximum atomic E-state index is 12.4. The van der Waals surface area contributed by atoms with Gasteiger partial charge in [-0.05, 0) is 26.0 Å². The van der Waals surface area contributed by atoms with Gasteiger partial charge in [0.05, 0.1) is 25.9 Å². The minimum absolute atomic E-state index is 0.0943. The fourth-order valence-electron chi connectivity index (χ4n) is 2.20. The summed E-state index contributed by atoms with van der Waals surface area (Å²) < 4.78 is 10.9. The highest BCUT2D eigenvalue weighted by atomic mass is 16.5. The molecule has 1 amide bonds. The second-order valence-electron chi connectivity index (χ2n) is 5.02. The zero-order valence-electron chi connectivity index (χ0n) is 11.9. The molecule has 1 saturated heterocycles. The summed E-state index contributed by atoms with van der Waals surface area (Å²) in [5, 5.41) is 9.30. The second-order valence-corrected chi connectivity index (χ2v) is 5.02. The number of ether oxygens (including phenoxy) is 2. The van der Waals surface area contributed by atoms with Crippen molar-refractivity contribution in [1.82, 2.24) is 4.90 Å². The normalized spacial score (nSPS) is 20.6. The average Bonchev–Trinajstić information content (AvgIpc) is 2.48. The minimum atomic E-state index is -0.579. The Morgan fingerprint density at radius 3 is 2.85 bits per heavy atom. The number of hydrogen-bond donors (Lipinski definition) is 1.